The van der Waals surface area contributed by atoms with Crippen molar-refractivity contribution < 1.29 is 5.21 Å². The van der Waals surface area contributed by atoms with E-state index in [1.165, 1.54) is 10.4 Å². The molecule has 0 amide bonds. The van der Waals surface area contributed by atoms with Crippen molar-refractivity contribution in [2.24, 2.45) is 5.16 Å². The quantitative estimate of drug-likeness (QED) is 0.496. The highest BCUT2D eigenvalue weighted by atomic mass is 32.1. The minimum absolute atomic E-state index is 0.670. The van der Waals surface area contributed by atoms with Crippen LogP contribution in [-0.4, -0.2) is 22.4 Å². The number of hydrogen-bond donors (Lipinski definition) is 1. The molecule has 3 nitrogen and oxygen atoms in total. The van der Waals surface area contributed by atoms with Gasteiger partial charge in [-0.1, -0.05) is 41.6 Å². The van der Waals surface area contributed by atoms with Crippen LogP contribution in [0.4, 0.5) is 0 Å². The van der Waals surface area contributed by atoms with Gasteiger partial charge in [0.25, 0.3) is 0 Å². The van der Waals surface area contributed by atoms with E-state index >= 15 is 0 Å². The lowest BCUT2D eigenvalue weighted by Gasteiger charge is -2.21. The molecule has 1 aromatic carbocycles. The monoisotopic (exact) mass is 274 g/mol. The zero-order valence-corrected chi connectivity index (χ0v) is 11.8. The Morgan fingerprint density at radius 1 is 1.16 bits per heavy atom. The standard InChI is InChI=1S/C15H18N2OS/c1-13(16-18)10-17(12-15-8-5-9-19-15)11-14-6-3-2-4-7-14/h2-9,18H,10-12H2,1H3/b16-13+. The molecule has 0 aliphatic carbocycles. The molecule has 0 aliphatic rings. The maximum absolute atomic E-state index is 8.84. The van der Waals surface area contributed by atoms with Crippen LogP contribution in [0.2, 0.25) is 0 Å². The van der Waals surface area contributed by atoms with Crippen molar-refractivity contribution in [2.45, 2.75) is 20.0 Å². The summed E-state index contributed by atoms with van der Waals surface area (Å²) in [5, 5.41) is 14.2. The second kappa shape index (κ2) is 7.07. The number of rotatable bonds is 6. The van der Waals surface area contributed by atoms with Gasteiger partial charge in [-0.2, -0.15) is 0 Å². The third-order valence-electron chi connectivity index (χ3n) is 2.83. The Hall–Kier alpha value is -1.65. The first-order valence-corrected chi connectivity index (χ1v) is 7.12. The van der Waals surface area contributed by atoms with Gasteiger partial charge in [0.05, 0.1) is 5.71 Å². The van der Waals surface area contributed by atoms with E-state index in [-0.39, 0.29) is 0 Å². The first-order valence-electron chi connectivity index (χ1n) is 6.24. The third-order valence-corrected chi connectivity index (χ3v) is 3.69. The fourth-order valence-electron chi connectivity index (χ4n) is 1.99. The van der Waals surface area contributed by atoms with Crippen LogP contribution in [0.25, 0.3) is 0 Å². The normalized spacial score (nSPS) is 12.0. The summed E-state index contributed by atoms with van der Waals surface area (Å²) >= 11 is 1.75. The lowest BCUT2D eigenvalue weighted by Crippen LogP contribution is -2.27. The van der Waals surface area contributed by atoms with Gasteiger partial charge in [-0.25, -0.2) is 0 Å². The van der Waals surface area contributed by atoms with Crippen LogP contribution in [0.15, 0.2) is 53.0 Å². The molecule has 0 spiro atoms. The molecule has 0 fully saturated rings. The fraction of sp³-hybridized carbons (Fsp3) is 0.267. The molecule has 19 heavy (non-hydrogen) atoms. The molecule has 1 N–H and O–H groups in total. The van der Waals surface area contributed by atoms with Crippen LogP contribution in [0.5, 0.6) is 0 Å². The topological polar surface area (TPSA) is 35.8 Å². The minimum Gasteiger partial charge on any atom is -0.411 e. The van der Waals surface area contributed by atoms with Crippen LogP contribution in [0.1, 0.15) is 17.4 Å². The lowest BCUT2D eigenvalue weighted by molar-refractivity contribution is 0.282. The Morgan fingerprint density at radius 3 is 2.58 bits per heavy atom. The lowest BCUT2D eigenvalue weighted by atomic mass is 10.2. The summed E-state index contributed by atoms with van der Waals surface area (Å²) in [6.45, 7) is 4.24. The summed E-state index contributed by atoms with van der Waals surface area (Å²) in [4.78, 5) is 3.60. The second-order valence-electron chi connectivity index (χ2n) is 4.55. The van der Waals surface area contributed by atoms with Crippen molar-refractivity contribution in [3.8, 4) is 0 Å². The van der Waals surface area contributed by atoms with E-state index in [1.54, 1.807) is 11.3 Å². The molecule has 4 heteroatoms. The highest BCUT2D eigenvalue weighted by Crippen LogP contribution is 2.14. The molecule has 0 saturated heterocycles. The van der Waals surface area contributed by atoms with Gasteiger partial charge in [0.2, 0.25) is 0 Å². The van der Waals surface area contributed by atoms with Gasteiger partial charge in [0.1, 0.15) is 0 Å². The molecule has 0 aliphatic heterocycles. The average molecular weight is 274 g/mol. The molecule has 100 valence electrons. The summed E-state index contributed by atoms with van der Waals surface area (Å²) in [7, 11) is 0. The van der Waals surface area contributed by atoms with Crippen molar-refractivity contribution in [1.29, 1.82) is 0 Å². The Morgan fingerprint density at radius 2 is 1.95 bits per heavy atom. The summed E-state index contributed by atoms with van der Waals surface area (Å²) in [5.74, 6) is 0. The van der Waals surface area contributed by atoms with E-state index < -0.39 is 0 Å². The summed E-state index contributed by atoms with van der Waals surface area (Å²) in [5.41, 5.74) is 2.00. The molecule has 2 rings (SSSR count). The van der Waals surface area contributed by atoms with Crippen LogP contribution < -0.4 is 0 Å². The fourth-order valence-corrected chi connectivity index (χ4v) is 2.73. The first kappa shape index (κ1) is 13.8. The summed E-state index contributed by atoms with van der Waals surface area (Å²) in [6.07, 6.45) is 0. The molecule has 1 aromatic heterocycles. The molecule has 2 aromatic rings. The molecule has 0 unspecified atom stereocenters. The van der Waals surface area contributed by atoms with E-state index in [0.29, 0.717) is 6.54 Å². The molecular formula is C15H18N2OS. The molecule has 0 saturated carbocycles. The highest BCUT2D eigenvalue weighted by molar-refractivity contribution is 7.09. The minimum atomic E-state index is 0.670. The Bertz CT molecular complexity index is 508. The summed E-state index contributed by atoms with van der Waals surface area (Å²) in [6, 6.07) is 14.5. The van der Waals surface area contributed by atoms with Crippen molar-refractivity contribution in [3.05, 3.63) is 58.3 Å². The average Bonchev–Trinajstić information content (AvgIpc) is 2.92. The van der Waals surface area contributed by atoms with Crippen molar-refractivity contribution in [1.82, 2.24) is 4.90 Å². The molecule has 0 atom stereocenters. The van der Waals surface area contributed by atoms with E-state index in [9.17, 15) is 0 Å². The number of hydrogen-bond acceptors (Lipinski definition) is 4. The van der Waals surface area contributed by atoms with Gasteiger partial charge in [-0.3, -0.25) is 4.90 Å². The maximum atomic E-state index is 8.84. The molecule has 0 radical (unpaired) electrons. The predicted octanol–water partition coefficient (Wildman–Crippen LogP) is 3.60. The SMILES string of the molecule is C/C(CN(Cc1ccccc1)Cc1cccs1)=N\O. The van der Waals surface area contributed by atoms with E-state index in [4.69, 9.17) is 5.21 Å². The van der Waals surface area contributed by atoms with Gasteiger partial charge in [-0.15, -0.1) is 11.3 Å². The predicted molar refractivity (Wildman–Crippen MR) is 79.8 cm³/mol. The Labute approximate surface area is 117 Å². The van der Waals surface area contributed by atoms with Crippen molar-refractivity contribution >= 4 is 17.0 Å². The Kier molecular flexibility index (Phi) is 5.12. The van der Waals surface area contributed by atoms with E-state index in [0.717, 1.165) is 18.8 Å². The summed E-state index contributed by atoms with van der Waals surface area (Å²) < 4.78 is 0. The number of thiophene rings is 1. The van der Waals surface area contributed by atoms with Crippen LogP contribution in [0.3, 0.4) is 0 Å². The zero-order chi connectivity index (χ0) is 13.5. The van der Waals surface area contributed by atoms with E-state index in [2.05, 4.69) is 39.7 Å². The van der Waals surface area contributed by atoms with Crippen molar-refractivity contribution in [2.75, 3.05) is 6.54 Å². The number of benzene rings is 1. The largest absolute Gasteiger partial charge is 0.411 e. The van der Waals surface area contributed by atoms with Gasteiger partial charge in [0, 0.05) is 24.5 Å². The molecule has 1 heterocycles. The van der Waals surface area contributed by atoms with Crippen LogP contribution >= 0.6 is 11.3 Å². The molecule has 0 bridgehead atoms. The third kappa shape index (κ3) is 4.50. The number of oxime groups is 1. The van der Waals surface area contributed by atoms with Gasteiger partial charge < -0.3 is 5.21 Å². The van der Waals surface area contributed by atoms with Crippen LogP contribution in [-0.2, 0) is 13.1 Å². The maximum Gasteiger partial charge on any atom is 0.0680 e. The number of nitrogens with zero attached hydrogens (tertiary/aromatic N) is 2. The highest BCUT2D eigenvalue weighted by Gasteiger charge is 2.09. The van der Waals surface area contributed by atoms with Crippen molar-refractivity contribution in [3.63, 3.8) is 0 Å². The smallest absolute Gasteiger partial charge is 0.0680 e. The van der Waals surface area contributed by atoms with Gasteiger partial charge in [-0.05, 0) is 23.9 Å². The van der Waals surface area contributed by atoms with Gasteiger partial charge in [0.15, 0.2) is 0 Å². The van der Waals surface area contributed by atoms with E-state index in [1.807, 2.05) is 25.1 Å². The van der Waals surface area contributed by atoms with Crippen LogP contribution in [0, 0.1) is 0 Å². The zero-order valence-electron chi connectivity index (χ0n) is 11.0. The first-order chi connectivity index (χ1) is 9.28. The van der Waals surface area contributed by atoms with Gasteiger partial charge >= 0.3 is 0 Å². The Balaban J connectivity index is 2.05. The molecular weight excluding hydrogens is 256 g/mol. The second-order valence-corrected chi connectivity index (χ2v) is 5.58.